The molecule has 1 heterocycles. The summed E-state index contributed by atoms with van der Waals surface area (Å²) in [7, 11) is 3.33. The largest absolute Gasteiger partial charge is 0.495 e. The number of piperazine rings is 1. The molecule has 1 aromatic rings. The first-order chi connectivity index (χ1) is 11.1. The molecule has 0 bridgehead atoms. The van der Waals surface area contributed by atoms with Gasteiger partial charge in [0, 0.05) is 39.3 Å². The molecular weight excluding hydrogens is 294 g/mol. The maximum Gasteiger partial charge on any atom is 0.234 e. The molecule has 0 aliphatic carbocycles. The third kappa shape index (κ3) is 5.11. The van der Waals surface area contributed by atoms with Crippen molar-refractivity contribution >= 4 is 11.6 Å². The van der Waals surface area contributed by atoms with Crippen molar-refractivity contribution < 1.29 is 14.3 Å². The fourth-order valence-corrected chi connectivity index (χ4v) is 2.85. The van der Waals surface area contributed by atoms with Gasteiger partial charge in [-0.1, -0.05) is 12.1 Å². The van der Waals surface area contributed by atoms with Crippen molar-refractivity contribution in [1.82, 2.24) is 10.2 Å². The summed E-state index contributed by atoms with van der Waals surface area (Å²) in [6.45, 7) is 6.43. The minimum absolute atomic E-state index is 0.0439. The molecule has 128 valence electrons. The number of carbonyl (C=O) groups excluding carboxylic acids is 1. The number of anilines is 1. The molecule has 0 aromatic heterocycles. The number of benzene rings is 1. The Labute approximate surface area is 138 Å². The van der Waals surface area contributed by atoms with Crippen LogP contribution in [0.2, 0.25) is 0 Å². The first-order valence-corrected chi connectivity index (χ1v) is 8.02. The molecule has 0 spiro atoms. The van der Waals surface area contributed by atoms with Crippen LogP contribution < -0.4 is 15.0 Å². The average molecular weight is 321 g/mol. The third-order valence-corrected chi connectivity index (χ3v) is 3.99. The van der Waals surface area contributed by atoms with Gasteiger partial charge in [-0.15, -0.1) is 0 Å². The van der Waals surface area contributed by atoms with Crippen LogP contribution in [0.3, 0.4) is 0 Å². The summed E-state index contributed by atoms with van der Waals surface area (Å²) in [4.78, 5) is 16.5. The SMILES string of the molecule is COCC(C)NC(=O)CN1CCN(c2ccccc2OC)CC1. The van der Waals surface area contributed by atoms with E-state index in [9.17, 15) is 4.79 Å². The van der Waals surface area contributed by atoms with Gasteiger partial charge in [0.1, 0.15) is 5.75 Å². The van der Waals surface area contributed by atoms with Gasteiger partial charge in [0.15, 0.2) is 0 Å². The Kier molecular flexibility index (Phi) is 6.67. The van der Waals surface area contributed by atoms with E-state index in [-0.39, 0.29) is 11.9 Å². The molecule has 2 rings (SSSR count). The van der Waals surface area contributed by atoms with E-state index in [1.165, 1.54) is 0 Å². The van der Waals surface area contributed by atoms with Crippen molar-refractivity contribution in [2.45, 2.75) is 13.0 Å². The van der Waals surface area contributed by atoms with Crippen LogP contribution in [0.1, 0.15) is 6.92 Å². The predicted molar refractivity (Wildman–Crippen MR) is 91.1 cm³/mol. The lowest BCUT2D eigenvalue weighted by Crippen LogP contribution is -2.50. The third-order valence-electron chi connectivity index (χ3n) is 3.99. The lowest BCUT2D eigenvalue weighted by atomic mass is 10.2. The Morgan fingerprint density at radius 2 is 1.91 bits per heavy atom. The zero-order valence-electron chi connectivity index (χ0n) is 14.2. The maximum atomic E-state index is 12.0. The summed E-state index contributed by atoms with van der Waals surface area (Å²) < 4.78 is 10.5. The highest BCUT2D eigenvalue weighted by atomic mass is 16.5. The number of nitrogens with zero attached hydrogens (tertiary/aromatic N) is 2. The molecule has 1 aliphatic heterocycles. The lowest BCUT2D eigenvalue weighted by molar-refractivity contribution is -0.123. The second kappa shape index (κ2) is 8.74. The standard InChI is InChI=1S/C17H27N3O3/c1-14(13-22-2)18-17(21)12-19-8-10-20(11-9-19)15-6-4-5-7-16(15)23-3/h4-7,14H,8-13H2,1-3H3,(H,18,21). The highest BCUT2D eigenvalue weighted by Crippen LogP contribution is 2.28. The van der Waals surface area contributed by atoms with Gasteiger partial charge in [-0.05, 0) is 19.1 Å². The Morgan fingerprint density at radius 3 is 2.57 bits per heavy atom. The predicted octanol–water partition coefficient (Wildman–Crippen LogP) is 0.968. The minimum Gasteiger partial charge on any atom is -0.495 e. The molecule has 0 saturated carbocycles. The summed E-state index contributed by atoms with van der Waals surface area (Å²) >= 11 is 0. The number of amides is 1. The van der Waals surface area contributed by atoms with E-state index in [1.807, 2.05) is 25.1 Å². The zero-order chi connectivity index (χ0) is 16.7. The van der Waals surface area contributed by atoms with Gasteiger partial charge in [0.25, 0.3) is 0 Å². The van der Waals surface area contributed by atoms with E-state index in [2.05, 4.69) is 21.2 Å². The summed E-state index contributed by atoms with van der Waals surface area (Å²) in [5.41, 5.74) is 1.12. The molecular formula is C17H27N3O3. The second-order valence-electron chi connectivity index (χ2n) is 5.86. The van der Waals surface area contributed by atoms with Crippen molar-refractivity contribution in [3.05, 3.63) is 24.3 Å². The van der Waals surface area contributed by atoms with Gasteiger partial charge in [-0.25, -0.2) is 0 Å². The van der Waals surface area contributed by atoms with Gasteiger partial charge in [-0.3, -0.25) is 9.69 Å². The molecule has 1 fully saturated rings. The van der Waals surface area contributed by atoms with Gasteiger partial charge in [0.2, 0.25) is 5.91 Å². The molecule has 6 nitrogen and oxygen atoms in total. The van der Waals surface area contributed by atoms with Crippen molar-refractivity contribution in [2.24, 2.45) is 0 Å². The second-order valence-corrected chi connectivity index (χ2v) is 5.86. The molecule has 1 aromatic carbocycles. The Hall–Kier alpha value is -1.79. The quantitative estimate of drug-likeness (QED) is 0.811. The Bertz CT molecular complexity index is 502. The van der Waals surface area contributed by atoms with Gasteiger partial charge >= 0.3 is 0 Å². The number of hydrogen-bond donors (Lipinski definition) is 1. The normalized spacial score (nSPS) is 16.9. The molecule has 6 heteroatoms. The van der Waals surface area contributed by atoms with E-state index in [0.29, 0.717) is 13.2 Å². The van der Waals surface area contributed by atoms with Crippen molar-refractivity contribution in [3.63, 3.8) is 0 Å². The van der Waals surface area contributed by atoms with Crippen LogP contribution in [0.15, 0.2) is 24.3 Å². The van der Waals surface area contributed by atoms with Crippen LogP contribution in [0, 0.1) is 0 Å². The molecule has 23 heavy (non-hydrogen) atoms. The number of para-hydroxylation sites is 2. The molecule has 1 amide bonds. The summed E-state index contributed by atoms with van der Waals surface area (Å²) in [5, 5.41) is 2.95. The van der Waals surface area contributed by atoms with Gasteiger partial charge < -0.3 is 19.7 Å². The number of nitrogens with one attached hydrogen (secondary N) is 1. The number of methoxy groups -OCH3 is 2. The summed E-state index contributed by atoms with van der Waals surface area (Å²) in [5.74, 6) is 0.951. The number of carbonyl (C=O) groups is 1. The van der Waals surface area contributed by atoms with Crippen molar-refractivity contribution in [3.8, 4) is 5.75 Å². The van der Waals surface area contributed by atoms with Crippen LogP contribution in [0.5, 0.6) is 5.75 Å². The Morgan fingerprint density at radius 1 is 1.22 bits per heavy atom. The smallest absolute Gasteiger partial charge is 0.234 e. The minimum atomic E-state index is 0.0439. The fraction of sp³-hybridized carbons (Fsp3) is 0.588. The lowest BCUT2D eigenvalue weighted by Gasteiger charge is -2.36. The van der Waals surface area contributed by atoms with E-state index >= 15 is 0 Å². The fourth-order valence-electron chi connectivity index (χ4n) is 2.85. The first-order valence-electron chi connectivity index (χ1n) is 8.02. The number of hydrogen-bond acceptors (Lipinski definition) is 5. The van der Waals surface area contributed by atoms with Crippen LogP contribution in [0.25, 0.3) is 0 Å². The van der Waals surface area contributed by atoms with E-state index in [1.54, 1.807) is 14.2 Å². The van der Waals surface area contributed by atoms with Crippen LogP contribution in [-0.2, 0) is 9.53 Å². The first kappa shape index (κ1) is 17.6. The molecule has 1 atom stereocenters. The highest BCUT2D eigenvalue weighted by Gasteiger charge is 2.21. The Balaban J connectivity index is 1.81. The summed E-state index contributed by atoms with van der Waals surface area (Å²) in [6.07, 6.45) is 0. The van der Waals surface area contributed by atoms with Crippen LogP contribution >= 0.6 is 0 Å². The topological polar surface area (TPSA) is 54.0 Å². The molecule has 1 saturated heterocycles. The van der Waals surface area contributed by atoms with Gasteiger partial charge in [0.05, 0.1) is 25.9 Å². The summed E-state index contributed by atoms with van der Waals surface area (Å²) in [6, 6.07) is 8.10. The van der Waals surface area contributed by atoms with E-state index in [4.69, 9.17) is 9.47 Å². The van der Waals surface area contributed by atoms with E-state index < -0.39 is 0 Å². The zero-order valence-corrected chi connectivity index (χ0v) is 14.2. The van der Waals surface area contributed by atoms with Crippen LogP contribution in [0.4, 0.5) is 5.69 Å². The van der Waals surface area contributed by atoms with Crippen LogP contribution in [-0.4, -0.2) is 70.4 Å². The van der Waals surface area contributed by atoms with Crippen molar-refractivity contribution in [2.75, 3.05) is 58.5 Å². The molecule has 0 radical (unpaired) electrons. The number of rotatable bonds is 7. The highest BCUT2D eigenvalue weighted by molar-refractivity contribution is 5.78. The molecule has 1 N–H and O–H groups in total. The van der Waals surface area contributed by atoms with E-state index in [0.717, 1.165) is 37.6 Å². The van der Waals surface area contributed by atoms with Gasteiger partial charge in [-0.2, -0.15) is 0 Å². The maximum absolute atomic E-state index is 12.0. The number of ether oxygens (including phenoxy) is 2. The van der Waals surface area contributed by atoms with Crippen molar-refractivity contribution in [1.29, 1.82) is 0 Å². The molecule has 1 aliphatic rings. The monoisotopic (exact) mass is 321 g/mol. The average Bonchev–Trinajstić information content (AvgIpc) is 2.55. The molecule has 1 unspecified atom stereocenters.